The molecule has 2 heterocycles. The minimum Gasteiger partial charge on any atom is -0.352 e. The molecule has 0 atom stereocenters. The largest absolute Gasteiger partial charge is 0.352 e. The molecule has 2 aromatic heterocycles. The van der Waals surface area contributed by atoms with Crippen molar-refractivity contribution >= 4 is 29.9 Å². The van der Waals surface area contributed by atoms with Gasteiger partial charge in [-0.05, 0) is 35.7 Å². The number of guanidine groups is 1. The van der Waals surface area contributed by atoms with Gasteiger partial charge in [0.1, 0.15) is 0 Å². The van der Waals surface area contributed by atoms with E-state index >= 15 is 0 Å². The molecular weight excluding hydrogens is 451 g/mol. The molecule has 2 N–H and O–H groups in total. The summed E-state index contributed by atoms with van der Waals surface area (Å²) >= 11 is 0. The average molecular weight is 476 g/mol. The first kappa shape index (κ1) is 20.9. The molecule has 0 fully saturated rings. The minimum atomic E-state index is 0. The summed E-state index contributed by atoms with van der Waals surface area (Å²) in [5, 5.41) is 11.0. The van der Waals surface area contributed by atoms with Crippen LogP contribution < -0.4 is 10.6 Å². The number of rotatable bonds is 6. The van der Waals surface area contributed by atoms with Crippen LogP contribution in [0.25, 0.3) is 0 Å². The van der Waals surface area contributed by atoms with E-state index in [0.29, 0.717) is 13.1 Å². The molecule has 0 saturated carbocycles. The lowest BCUT2D eigenvalue weighted by Gasteiger charge is -2.15. The van der Waals surface area contributed by atoms with Crippen LogP contribution >= 0.6 is 24.0 Å². The third-order valence-corrected chi connectivity index (χ3v) is 4.22. The summed E-state index contributed by atoms with van der Waals surface area (Å²) in [5.74, 6) is 0.754. The Bertz CT molecular complexity index is 860. The highest BCUT2D eigenvalue weighted by Crippen LogP contribution is 2.10. The molecule has 142 valence electrons. The van der Waals surface area contributed by atoms with E-state index < -0.39 is 0 Å². The van der Waals surface area contributed by atoms with Crippen molar-refractivity contribution < 1.29 is 0 Å². The maximum atomic E-state index is 4.40. The number of hydrogen-bond donors (Lipinski definition) is 2. The second-order valence-electron chi connectivity index (χ2n) is 6.02. The molecule has 0 amide bonds. The van der Waals surface area contributed by atoms with Crippen molar-refractivity contribution in [2.45, 2.75) is 26.6 Å². The van der Waals surface area contributed by atoms with Crippen molar-refractivity contribution in [3.63, 3.8) is 0 Å². The number of pyridine rings is 1. The lowest BCUT2D eigenvalue weighted by molar-refractivity contribution is 0.677. The van der Waals surface area contributed by atoms with Gasteiger partial charge in [0.2, 0.25) is 0 Å². The zero-order valence-electron chi connectivity index (χ0n) is 15.6. The van der Waals surface area contributed by atoms with Gasteiger partial charge < -0.3 is 10.6 Å². The van der Waals surface area contributed by atoms with Gasteiger partial charge in [-0.2, -0.15) is 5.10 Å². The third kappa shape index (κ3) is 6.06. The van der Waals surface area contributed by atoms with Crippen LogP contribution in [0.3, 0.4) is 0 Å². The predicted molar refractivity (Wildman–Crippen MR) is 119 cm³/mol. The van der Waals surface area contributed by atoms with Crippen molar-refractivity contribution in [3.05, 3.63) is 83.4 Å². The van der Waals surface area contributed by atoms with E-state index in [1.807, 2.05) is 29.2 Å². The summed E-state index contributed by atoms with van der Waals surface area (Å²) in [7, 11) is 1.77. The molecule has 0 bridgehead atoms. The lowest BCUT2D eigenvalue weighted by Crippen LogP contribution is -2.36. The lowest BCUT2D eigenvalue weighted by atomic mass is 10.1. The summed E-state index contributed by atoms with van der Waals surface area (Å²) in [4.78, 5) is 8.71. The van der Waals surface area contributed by atoms with Crippen molar-refractivity contribution in [1.82, 2.24) is 25.4 Å². The molecule has 0 spiro atoms. The fraction of sp³-hybridized carbons (Fsp3) is 0.250. The Labute approximate surface area is 177 Å². The highest BCUT2D eigenvalue weighted by molar-refractivity contribution is 14.0. The molecule has 0 radical (unpaired) electrons. The van der Waals surface area contributed by atoms with Crippen molar-refractivity contribution in [2.24, 2.45) is 4.99 Å². The molecule has 0 unspecified atom stereocenters. The Morgan fingerprint density at radius 3 is 2.48 bits per heavy atom. The number of aliphatic imine (C=N–C) groups is 1. The summed E-state index contributed by atoms with van der Waals surface area (Å²) in [6, 6.07) is 14.3. The van der Waals surface area contributed by atoms with E-state index in [1.165, 1.54) is 16.7 Å². The molecule has 1 aromatic carbocycles. The van der Waals surface area contributed by atoms with E-state index in [9.17, 15) is 0 Å². The first-order chi connectivity index (χ1) is 12.8. The zero-order valence-corrected chi connectivity index (χ0v) is 17.9. The van der Waals surface area contributed by atoms with Gasteiger partial charge in [-0.1, -0.05) is 30.3 Å². The van der Waals surface area contributed by atoms with Gasteiger partial charge in [-0.3, -0.25) is 14.7 Å². The van der Waals surface area contributed by atoms with Crippen molar-refractivity contribution in [3.8, 4) is 0 Å². The number of halogens is 1. The molecule has 0 aliphatic carbocycles. The molecule has 3 aromatic rings. The van der Waals surface area contributed by atoms with Gasteiger partial charge >= 0.3 is 0 Å². The standard InChI is InChI=1S/C20H24N6.HI/c1-16-7-5-10-22-19(16)14-24-20(21-2)23-13-17-8-3-4-9-18(17)15-26-12-6-11-25-26;/h3-12H,13-15H2,1-2H3,(H2,21,23,24);1H. The van der Waals surface area contributed by atoms with Crippen molar-refractivity contribution in [1.29, 1.82) is 0 Å². The molecule has 0 aliphatic heterocycles. The third-order valence-electron chi connectivity index (χ3n) is 4.22. The van der Waals surface area contributed by atoms with E-state index in [0.717, 1.165) is 18.2 Å². The molecule has 27 heavy (non-hydrogen) atoms. The number of nitrogens with one attached hydrogen (secondary N) is 2. The van der Waals surface area contributed by atoms with E-state index in [-0.39, 0.29) is 24.0 Å². The van der Waals surface area contributed by atoms with Gasteiger partial charge in [0.05, 0.1) is 18.8 Å². The second-order valence-corrected chi connectivity index (χ2v) is 6.02. The Balaban J connectivity index is 0.00000261. The number of nitrogens with zero attached hydrogens (tertiary/aromatic N) is 4. The summed E-state index contributed by atoms with van der Waals surface area (Å²) in [6.07, 6.45) is 5.58. The number of benzene rings is 1. The Kier molecular flexibility index (Phi) is 8.25. The van der Waals surface area contributed by atoms with Gasteiger partial charge in [0.15, 0.2) is 5.96 Å². The normalized spacial score (nSPS) is 11.0. The van der Waals surface area contributed by atoms with Gasteiger partial charge in [0.25, 0.3) is 0 Å². The second kappa shape index (κ2) is 10.7. The van der Waals surface area contributed by atoms with Crippen LogP contribution in [-0.4, -0.2) is 27.8 Å². The number of hydrogen-bond acceptors (Lipinski definition) is 3. The SMILES string of the molecule is CN=C(NCc1ccccc1Cn1cccn1)NCc1ncccc1C.I. The Morgan fingerprint density at radius 2 is 1.78 bits per heavy atom. The van der Waals surface area contributed by atoms with E-state index in [4.69, 9.17) is 0 Å². The Morgan fingerprint density at radius 1 is 1.00 bits per heavy atom. The molecule has 0 aliphatic rings. The summed E-state index contributed by atoms with van der Waals surface area (Å²) < 4.78 is 1.93. The number of aryl methyl sites for hydroxylation is 1. The maximum Gasteiger partial charge on any atom is 0.191 e. The smallest absolute Gasteiger partial charge is 0.191 e. The topological polar surface area (TPSA) is 67.1 Å². The predicted octanol–water partition coefficient (Wildman–Crippen LogP) is 3.12. The fourth-order valence-corrected chi connectivity index (χ4v) is 2.72. The molecular formula is C20H25IN6. The van der Waals surface area contributed by atoms with Crippen LogP contribution in [0.5, 0.6) is 0 Å². The van der Waals surface area contributed by atoms with Crippen LogP contribution in [0, 0.1) is 6.92 Å². The Hall–Kier alpha value is -2.42. The first-order valence-electron chi connectivity index (χ1n) is 8.65. The fourth-order valence-electron chi connectivity index (χ4n) is 2.72. The van der Waals surface area contributed by atoms with Crippen LogP contribution in [0.2, 0.25) is 0 Å². The number of aromatic nitrogens is 3. The molecule has 7 heteroatoms. The van der Waals surface area contributed by atoms with Gasteiger partial charge in [-0.15, -0.1) is 24.0 Å². The summed E-state index contributed by atoms with van der Waals surface area (Å²) in [5.41, 5.74) is 4.65. The molecule has 0 saturated heterocycles. The summed E-state index contributed by atoms with van der Waals surface area (Å²) in [6.45, 7) is 4.15. The highest BCUT2D eigenvalue weighted by Gasteiger charge is 2.05. The van der Waals surface area contributed by atoms with E-state index in [2.05, 4.69) is 63.0 Å². The average Bonchev–Trinajstić information content (AvgIpc) is 3.17. The quantitative estimate of drug-likeness (QED) is 0.326. The van der Waals surface area contributed by atoms with Crippen molar-refractivity contribution in [2.75, 3.05) is 7.05 Å². The molecule has 6 nitrogen and oxygen atoms in total. The monoisotopic (exact) mass is 476 g/mol. The maximum absolute atomic E-state index is 4.40. The highest BCUT2D eigenvalue weighted by atomic mass is 127. The van der Waals surface area contributed by atoms with Gasteiger partial charge in [0, 0.05) is 32.2 Å². The van der Waals surface area contributed by atoms with Crippen LogP contribution in [0.4, 0.5) is 0 Å². The molecule has 3 rings (SSSR count). The zero-order chi connectivity index (χ0) is 18.2. The minimum absolute atomic E-state index is 0. The van der Waals surface area contributed by atoms with Crippen LogP contribution in [0.1, 0.15) is 22.4 Å². The van der Waals surface area contributed by atoms with Gasteiger partial charge in [-0.25, -0.2) is 0 Å². The first-order valence-corrected chi connectivity index (χ1v) is 8.65. The van der Waals surface area contributed by atoms with Crippen LogP contribution in [0.15, 0.2) is 66.0 Å². The van der Waals surface area contributed by atoms with Crippen LogP contribution in [-0.2, 0) is 19.6 Å². The van der Waals surface area contributed by atoms with E-state index in [1.54, 1.807) is 13.2 Å².